The number of nitrogens with zero attached hydrogens (tertiary/aromatic N) is 3. The number of benzene rings is 2. The van der Waals surface area contributed by atoms with Gasteiger partial charge in [0.15, 0.2) is 0 Å². The number of piperidine rings is 1. The summed E-state index contributed by atoms with van der Waals surface area (Å²) >= 11 is 0. The molecule has 6 heteroatoms. The molecule has 2 aliphatic heterocycles. The van der Waals surface area contributed by atoms with Crippen LogP contribution in [0.3, 0.4) is 0 Å². The fraction of sp³-hybridized carbons (Fsp3) is 0.429. The Morgan fingerprint density at radius 2 is 1.82 bits per heavy atom. The lowest BCUT2D eigenvalue weighted by Crippen LogP contribution is -2.39. The van der Waals surface area contributed by atoms with Crippen LogP contribution in [0.1, 0.15) is 28.8 Å². The zero-order valence-corrected chi connectivity index (χ0v) is 19.7. The first-order valence-corrected chi connectivity index (χ1v) is 12.4. The molecular formula is C28H33N3O3. The molecule has 2 fully saturated rings. The molecule has 0 atom stereocenters. The van der Waals surface area contributed by atoms with Crippen LogP contribution in [0.2, 0.25) is 0 Å². The van der Waals surface area contributed by atoms with Crippen LogP contribution in [0.15, 0.2) is 60.8 Å². The Hall–Kier alpha value is -2.96. The molecule has 0 N–H and O–H groups in total. The number of likely N-dealkylation sites (tertiary alicyclic amines) is 1. The maximum atomic E-state index is 13.3. The monoisotopic (exact) mass is 459 g/mol. The van der Waals surface area contributed by atoms with Crippen LogP contribution in [-0.4, -0.2) is 73.2 Å². The molecule has 2 saturated heterocycles. The summed E-state index contributed by atoms with van der Waals surface area (Å²) in [5.41, 5.74) is 3.06. The maximum Gasteiger partial charge on any atom is 0.257 e. The molecule has 6 nitrogen and oxygen atoms in total. The molecule has 1 aromatic heterocycles. The smallest absolute Gasteiger partial charge is 0.257 e. The van der Waals surface area contributed by atoms with Crippen molar-refractivity contribution in [1.29, 1.82) is 0 Å². The molecule has 3 heterocycles. The highest BCUT2D eigenvalue weighted by Crippen LogP contribution is 2.26. The molecule has 2 aliphatic rings. The maximum absolute atomic E-state index is 13.3. The van der Waals surface area contributed by atoms with E-state index in [1.54, 1.807) is 0 Å². The Balaban J connectivity index is 1.14. The molecular weight excluding hydrogens is 426 g/mol. The second-order valence-corrected chi connectivity index (χ2v) is 9.27. The van der Waals surface area contributed by atoms with E-state index in [-0.39, 0.29) is 5.91 Å². The minimum absolute atomic E-state index is 0.0807. The number of rotatable bonds is 7. The van der Waals surface area contributed by atoms with E-state index in [0.717, 1.165) is 70.7 Å². The highest BCUT2D eigenvalue weighted by Gasteiger charge is 2.25. The van der Waals surface area contributed by atoms with Crippen LogP contribution >= 0.6 is 0 Å². The summed E-state index contributed by atoms with van der Waals surface area (Å²) in [5.74, 6) is 1.36. The third-order valence-electron chi connectivity index (χ3n) is 6.98. The van der Waals surface area contributed by atoms with Crippen molar-refractivity contribution in [3.63, 3.8) is 0 Å². The molecule has 0 saturated carbocycles. The highest BCUT2D eigenvalue weighted by molar-refractivity contribution is 5.97. The van der Waals surface area contributed by atoms with E-state index in [1.165, 1.54) is 10.9 Å². The minimum Gasteiger partial charge on any atom is -0.491 e. The van der Waals surface area contributed by atoms with E-state index in [1.807, 2.05) is 41.4 Å². The van der Waals surface area contributed by atoms with E-state index in [4.69, 9.17) is 9.47 Å². The van der Waals surface area contributed by atoms with Gasteiger partial charge in [-0.05, 0) is 61.1 Å². The van der Waals surface area contributed by atoms with Gasteiger partial charge in [-0.15, -0.1) is 0 Å². The van der Waals surface area contributed by atoms with Crippen LogP contribution in [-0.2, 0) is 11.2 Å². The van der Waals surface area contributed by atoms with Gasteiger partial charge in [0.05, 0.1) is 24.3 Å². The predicted octanol–water partition coefficient (Wildman–Crippen LogP) is 4.04. The second-order valence-electron chi connectivity index (χ2n) is 9.27. The quantitative estimate of drug-likeness (QED) is 0.534. The lowest BCUT2D eigenvalue weighted by molar-refractivity contribution is 0.0321. The molecule has 0 radical (unpaired) electrons. The third kappa shape index (κ3) is 5.57. The average Bonchev–Trinajstić information content (AvgIpc) is 2.90. The number of amides is 1. The molecule has 178 valence electrons. The Morgan fingerprint density at radius 1 is 1.00 bits per heavy atom. The summed E-state index contributed by atoms with van der Waals surface area (Å²) in [6.45, 7) is 6.45. The standard InChI is InChI=1S/C28H33N3O3/c32-28(25-5-1-2-6-27(25)34-19-16-30-14-17-33-18-15-30)31-12-9-22(10-13-31)20-23-7-8-26-24(21-23)4-3-11-29-26/h1-8,11,21-22H,9-10,12-20H2. The van der Waals surface area contributed by atoms with Crippen LogP contribution < -0.4 is 4.74 Å². The summed E-state index contributed by atoms with van der Waals surface area (Å²) < 4.78 is 11.5. The Bertz CT molecular complexity index is 1100. The van der Waals surface area contributed by atoms with E-state index in [0.29, 0.717) is 23.8 Å². The summed E-state index contributed by atoms with van der Waals surface area (Å²) in [4.78, 5) is 22.1. The number of carbonyl (C=O) groups is 1. The largest absolute Gasteiger partial charge is 0.491 e. The molecule has 5 rings (SSSR count). The molecule has 3 aromatic rings. The van der Waals surface area contributed by atoms with Crippen molar-refractivity contribution in [3.05, 3.63) is 71.9 Å². The number of carbonyl (C=O) groups excluding carboxylic acids is 1. The van der Waals surface area contributed by atoms with Gasteiger partial charge in [-0.1, -0.05) is 24.3 Å². The minimum atomic E-state index is 0.0807. The number of hydrogen-bond donors (Lipinski definition) is 0. The topological polar surface area (TPSA) is 54.9 Å². The highest BCUT2D eigenvalue weighted by atomic mass is 16.5. The normalized spacial score (nSPS) is 17.7. The Morgan fingerprint density at radius 3 is 2.68 bits per heavy atom. The number of para-hydroxylation sites is 1. The van der Waals surface area contributed by atoms with Gasteiger partial charge >= 0.3 is 0 Å². The van der Waals surface area contributed by atoms with Crippen molar-refractivity contribution in [1.82, 2.24) is 14.8 Å². The van der Waals surface area contributed by atoms with Gasteiger partial charge in [-0.3, -0.25) is 14.7 Å². The fourth-order valence-corrected chi connectivity index (χ4v) is 4.97. The third-order valence-corrected chi connectivity index (χ3v) is 6.98. The number of fused-ring (bicyclic) bond motifs is 1. The molecule has 1 amide bonds. The van der Waals surface area contributed by atoms with E-state index in [9.17, 15) is 4.79 Å². The van der Waals surface area contributed by atoms with Crippen molar-refractivity contribution >= 4 is 16.8 Å². The van der Waals surface area contributed by atoms with Gasteiger partial charge < -0.3 is 14.4 Å². The predicted molar refractivity (Wildman–Crippen MR) is 133 cm³/mol. The number of hydrogen-bond acceptors (Lipinski definition) is 5. The first-order valence-electron chi connectivity index (χ1n) is 12.4. The number of aromatic nitrogens is 1. The van der Waals surface area contributed by atoms with Crippen molar-refractivity contribution in [2.45, 2.75) is 19.3 Å². The first kappa shape index (κ1) is 22.8. The van der Waals surface area contributed by atoms with Crippen LogP contribution in [0.4, 0.5) is 0 Å². The number of morpholine rings is 1. The summed E-state index contributed by atoms with van der Waals surface area (Å²) in [5, 5.41) is 1.19. The summed E-state index contributed by atoms with van der Waals surface area (Å²) in [6, 6.07) is 18.3. The Labute approximate surface area is 201 Å². The van der Waals surface area contributed by atoms with Gasteiger partial charge in [-0.2, -0.15) is 0 Å². The fourth-order valence-electron chi connectivity index (χ4n) is 4.97. The van der Waals surface area contributed by atoms with Crippen LogP contribution in [0, 0.1) is 5.92 Å². The van der Waals surface area contributed by atoms with E-state index >= 15 is 0 Å². The molecule has 0 spiro atoms. The zero-order valence-electron chi connectivity index (χ0n) is 19.7. The lowest BCUT2D eigenvalue weighted by atomic mass is 9.89. The van der Waals surface area contributed by atoms with Crippen LogP contribution in [0.5, 0.6) is 5.75 Å². The lowest BCUT2D eigenvalue weighted by Gasteiger charge is -2.32. The SMILES string of the molecule is O=C(c1ccccc1OCCN1CCOCC1)N1CCC(Cc2ccc3ncccc3c2)CC1. The van der Waals surface area contributed by atoms with Gasteiger partial charge in [0.25, 0.3) is 5.91 Å². The summed E-state index contributed by atoms with van der Waals surface area (Å²) in [7, 11) is 0. The molecule has 34 heavy (non-hydrogen) atoms. The Kier molecular flexibility index (Phi) is 7.37. The zero-order chi connectivity index (χ0) is 23.2. The number of ether oxygens (including phenoxy) is 2. The van der Waals surface area contributed by atoms with E-state index in [2.05, 4.69) is 34.1 Å². The van der Waals surface area contributed by atoms with Crippen molar-refractivity contribution < 1.29 is 14.3 Å². The molecule has 2 aromatic carbocycles. The first-order chi connectivity index (χ1) is 16.8. The van der Waals surface area contributed by atoms with Crippen molar-refractivity contribution in [3.8, 4) is 5.75 Å². The van der Waals surface area contributed by atoms with E-state index < -0.39 is 0 Å². The number of pyridine rings is 1. The van der Waals surface area contributed by atoms with Gasteiger partial charge in [0.1, 0.15) is 12.4 Å². The van der Waals surface area contributed by atoms with Gasteiger partial charge in [0.2, 0.25) is 0 Å². The molecule has 0 bridgehead atoms. The molecule has 0 unspecified atom stereocenters. The second kappa shape index (κ2) is 11.0. The van der Waals surface area contributed by atoms with Crippen LogP contribution in [0.25, 0.3) is 10.9 Å². The van der Waals surface area contributed by atoms with Crippen molar-refractivity contribution in [2.24, 2.45) is 5.92 Å². The summed E-state index contributed by atoms with van der Waals surface area (Å²) in [6.07, 6.45) is 4.93. The van der Waals surface area contributed by atoms with Gasteiger partial charge in [-0.25, -0.2) is 0 Å². The van der Waals surface area contributed by atoms with Crippen molar-refractivity contribution in [2.75, 3.05) is 52.5 Å². The molecule has 0 aliphatic carbocycles. The average molecular weight is 460 g/mol. The van der Waals surface area contributed by atoms with Gasteiger partial charge in [0, 0.05) is 44.3 Å².